The molecule has 3 rings (SSSR count). The Kier molecular flexibility index (Phi) is 5.60. The summed E-state index contributed by atoms with van der Waals surface area (Å²) < 4.78 is 5.37. The second-order valence-corrected chi connectivity index (χ2v) is 7.24. The van der Waals surface area contributed by atoms with Gasteiger partial charge in [-0.2, -0.15) is 0 Å². The first kappa shape index (κ1) is 17.1. The normalized spacial score (nSPS) is 15.4. The fourth-order valence-electron chi connectivity index (χ4n) is 2.78. The second kappa shape index (κ2) is 7.88. The van der Waals surface area contributed by atoms with Gasteiger partial charge in [0.25, 0.3) is 5.91 Å². The molecule has 1 aromatic heterocycles. The highest BCUT2D eigenvalue weighted by Crippen LogP contribution is 2.17. The zero-order chi connectivity index (χ0) is 16.9. The third-order valence-electron chi connectivity index (χ3n) is 4.10. The number of benzene rings is 1. The molecule has 1 aliphatic heterocycles. The van der Waals surface area contributed by atoms with Crippen molar-refractivity contribution in [3.63, 3.8) is 0 Å². The van der Waals surface area contributed by atoms with Crippen LogP contribution in [0.4, 0.5) is 0 Å². The van der Waals surface area contributed by atoms with Crippen molar-refractivity contribution in [2.45, 2.75) is 26.9 Å². The first-order valence-corrected chi connectivity index (χ1v) is 9.03. The van der Waals surface area contributed by atoms with Gasteiger partial charge in [0.15, 0.2) is 0 Å². The number of carbonyl (C=O) groups is 1. The molecule has 0 unspecified atom stereocenters. The van der Waals surface area contributed by atoms with Crippen LogP contribution in [0.1, 0.15) is 31.5 Å². The van der Waals surface area contributed by atoms with Gasteiger partial charge in [0.2, 0.25) is 0 Å². The summed E-state index contributed by atoms with van der Waals surface area (Å²) in [4.78, 5) is 19.6. The van der Waals surface area contributed by atoms with Gasteiger partial charge >= 0.3 is 0 Å². The molecule has 1 N–H and O–H groups in total. The second-order valence-electron chi connectivity index (χ2n) is 6.04. The van der Waals surface area contributed by atoms with Crippen LogP contribution in [0.5, 0.6) is 0 Å². The zero-order valence-electron chi connectivity index (χ0n) is 14.2. The first-order chi connectivity index (χ1) is 11.6. The molecule has 0 saturated carbocycles. The Morgan fingerprint density at radius 3 is 2.50 bits per heavy atom. The van der Waals surface area contributed by atoms with E-state index in [2.05, 4.69) is 39.5 Å². The van der Waals surface area contributed by atoms with Crippen molar-refractivity contribution in [3.8, 4) is 0 Å². The third-order valence-corrected chi connectivity index (χ3v) is 5.17. The number of hydrogen-bond acceptors (Lipinski definition) is 5. The molecule has 128 valence electrons. The Morgan fingerprint density at radius 2 is 1.88 bits per heavy atom. The number of nitrogens with zero attached hydrogens (tertiary/aromatic N) is 2. The van der Waals surface area contributed by atoms with E-state index in [-0.39, 0.29) is 5.91 Å². The highest BCUT2D eigenvalue weighted by molar-refractivity contribution is 7.13. The summed E-state index contributed by atoms with van der Waals surface area (Å²) in [5.74, 6) is -0.0458. The Hall–Kier alpha value is -1.76. The monoisotopic (exact) mass is 345 g/mol. The molecule has 6 heteroatoms. The van der Waals surface area contributed by atoms with Crippen LogP contribution in [-0.4, -0.2) is 42.1 Å². The highest BCUT2D eigenvalue weighted by Gasteiger charge is 2.13. The van der Waals surface area contributed by atoms with Crippen LogP contribution in [0.3, 0.4) is 0 Å². The minimum absolute atomic E-state index is 0.0458. The number of aromatic nitrogens is 1. The maximum Gasteiger partial charge on any atom is 0.263 e. The Bertz CT molecular complexity index is 691. The van der Waals surface area contributed by atoms with E-state index in [0.29, 0.717) is 11.4 Å². The number of aryl methyl sites for hydroxylation is 2. The number of amides is 1. The number of rotatable bonds is 5. The topological polar surface area (TPSA) is 54.5 Å². The largest absolute Gasteiger partial charge is 0.379 e. The van der Waals surface area contributed by atoms with Crippen molar-refractivity contribution in [1.82, 2.24) is 15.2 Å². The minimum atomic E-state index is -0.0458. The third kappa shape index (κ3) is 4.41. The van der Waals surface area contributed by atoms with Gasteiger partial charge in [-0.1, -0.05) is 24.3 Å². The van der Waals surface area contributed by atoms with Crippen molar-refractivity contribution in [2.24, 2.45) is 0 Å². The van der Waals surface area contributed by atoms with E-state index in [0.717, 1.165) is 49.1 Å². The van der Waals surface area contributed by atoms with Crippen LogP contribution in [0.25, 0.3) is 0 Å². The summed E-state index contributed by atoms with van der Waals surface area (Å²) in [6.45, 7) is 8.90. The molecule has 1 aliphatic rings. The standard InChI is InChI=1S/C18H23N3O2S/c1-13-17(24-14(2)20-13)18(22)19-11-15-3-5-16(6-4-15)12-21-7-9-23-10-8-21/h3-6H,7-12H2,1-2H3,(H,19,22). The summed E-state index contributed by atoms with van der Waals surface area (Å²) in [5.41, 5.74) is 3.20. The van der Waals surface area contributed by atoms with E-state index in [4.69, 9.17) is 4.74 Å². The molecule has 24 heavy (non-hydrogen) atoms. The van der Waals surface area contributed by atoms with Crippen LogP contribution >= 0.6 is 11.3 Å². The van der Waals surface area contributed by atoms with Crippen molar-refractivity contribution in [1.29, 1.82) is 0 Å². The van der Waals surface area contributed by atoms with Gasteiger partial charge in [-0.05, 0) is 25.0 Å². The molecule has 1 saturated heterocycles. The maximum absolute atomic E-state index is 12.2. The van der Waals surface area contributed by atoms with Crippen LogP contribution in [0, 0.1) is 13.8 Å². The molecule has 1 aromatic carbocycles. The van der Waals surface area contributed by atoms with E-state index in [1.54, 1.807) is 0 Å². The number of thiazole rings is 1. The first-order valence-electron chi connectivity index (χ1n) is 8.22. The van der Waals surface area contributed by atoms with Crippen LogP contribution in [0.15, 0.2) is 24.3 Å². The number of ether oxygens (including phenoxy) is 1. The van der Waals surface area contributed by atoms with Gasteiger partial charge in [0, 0.05) is 26.2 Å². The lowest BCUT2D eigenvalue weighted by Crippen LogP contribution is -2.35. The average molecular weight is 345 g/mol. The van der Waals surface area contributed by atoms with Crippen molar-refractivity contribution < 1.29 is 9.53 Å². The summed E-state index contributed by atoms with van der Waals surface area (Å²) in [7, 11) is 0. The van der Waals surface area contributed by atoms with E-state index in [9.17, 15) is 4.79 Å². The molecule has 0 bridgehead atoms. The molecule has 2 heterocycles. The SMILES string of the molecule is Cc1nc(C)c(C(=O)NCc2ccc(CN3CCOCC3)cc2)s1. The van der Waals surface area contributed by atoms with E-state index in [1.165, 1.54) is 16.9 Å². The number of hydrogen-bond donors (Lipinski definition) is 1. The quantitative estimate of drug-likeness (QED) is 0.905. The smallest absolute Gasteiger partial charge is 0.263 e. The molecule has 2 aromatic rings. The summed E-state index contributed by atoms with van der Waals surface area (Å²) in [5, 5.41) is 3.90. The lowest BCUT2D eigenvalue weighted by molar-refractivity contribution is 0.0342. The fraction of sp³-hybridized carbons (Fsp3) is 0.444. The van der Waals surface area contributed by atoms with Gasteiger partial charge in [-0.15, -0.1) is 11.3 Å². The molecular formula is C18H23N3O2S. The fourth-order valence-corrected chi connectivity index (χ4v) is 3.62. The zero-order valence-corrected chi connectivity index (χ0v) is 15.0. The van der Waals surface area contributed by atoms with Gasteiger partial charge in [0.05, 0.1) is 23.9 Å². The summed E-state index contributed by atoms with van der Waals surface area (Å²) in [6.07, 6.45) is 0. The highest BCUT2D eigenvalue weighted by atomic mass is 32.1. The van der Waals surface area contributed by atoms with Crippen LogP contribution in [-0.2, 0) is 17.8 Å². The minimum Gasteiger partial charge on any atom is -0.379 e. The van der Waals surface area contributed by atoms with Gasteiger partial charge < -0.3 is 10.1 Å². The lowest BCUT2D eigenvalue weighted by Gasteiger charge is -2.26. The average Bonchev–Trinajstić information content (AvgIpc) is 2.93. The van der Waals surface area contributed by atoms with Crippen LogP contribution in [0.2, 0.25) is 0 Å². The van der Waals surface area contributed by atoms with Gasteiger partial charge in [-0.3, -0.25) is 9.69 Å². The summed E-state index contributed by atoms with van der Waals surface area (Å²) in [6, 6.07) is 8.44. The number of nitrogens with one attached hydrogen (secondary N) is 1. The predicted molar refractivity (Wildman–Crippen MR) is 95.3 cm³/mol. The molecular weight excluding hydrogens is 322 g/mol. The summed E-state index contributed by atoms with van der Waals surface area (Å²) >= 11 is 1.44. The molecule has 0 spiro atoms. The lowest BCUT2D eigenvalue weighted by atomic mass is 10.1. The molecule has 1 amide bonds. The van der Waals surface area contributed by atoms with E-state index in [1.807, 2.05) is 13.8 Å². The number of carbonyl (C=O) groups excluding carboxylic acids is 1. The molecule has 0 atom stereocenters. The molecule has 0 aliphatic carbocycles. The Labute approximate surface area is 146 Å². The van der Waals surface area contributed by atoms with Gasteiger partial charge in [-0.25, -0.2) is 4.98 Å². The molecule has 0 radical (unpaired) electrons. The predicted octanol–water partition coefficient (Wildman–Crippen LogP) is 2.52. The Balaban J connectivity index is 1.52. The van der Waals surface area contributed by atoms with Gasteiger partial charge in [0.1, 0.15) is 4.88 Å². The number of morpholine rings is 1. The van der Waals surface area contributed by atoms with E-state index >= 15 is 0 Å². The maximum atomic E-state index is 12.2. The van der Waals surface area contributed by atoms with Crippen molar-refractivity contribution >= 4 is 17.2 Å². The molecule has 1 fully saturated rings. The van der Waals surface area contributed by atoms with Crippen molar-refractivity contribution in [2.75, 3.05) is 26.3 Å². The molecule has 5 nitrogen and oxygen atoms in total. The van der Waals surface area contributed by atoms with Crippen molar-refractivity contribution in [3.05, 3.63) is 51.0 Å². The van der Waals surface area contributed by atoms with E-state index < -0.39 is 0 Å². The Morgan fingerprint density at radius 1 is 1.21 bits per heavy atom. The van der Waals surface area contributed by atoms with Crippen LogP contribution < -0.4 is 5.32 Å².